The molecule has 0 aromatic carbocycles. The molecule has 0 heteroatoms. The summed E-state index contributed by atoms with van der Waals surface area (Å²) in [7, 11) is 0. The molecule has 0 spiro atoms. The zero-order valence-corrected chi connectivity index (χ0v) is 5.44. The third kappa shape index (κ3) is 0.960. The van der Waals surface area contributed by atoms with Crippen LogP contribution in [0, 0.1) is 17.8 Å². The van der Waals surface area contributed by atoms with E-state index in [4.69, 9.17) is 0 Å². The van der Waals surface area contributed by atoms with Gasteiger partial charge in [-0.25, -0.2) is 0 Å². The molecule has 0 radical (unpaired) electrons. The van der Waals surface area contributed by atoms with Crippen molar-refractivity contribution in [2.75, 3.05) is 0 Å². The Kier molecular flexibility index (Phi) is 1.10. The molecular formula is C7H14. The van der Waals surface area contributed by atoms with E-state index in [1.165, 1.54) is 6.42 Å². The summed E-state index contributed by atoms with van der Waals surface area (Å²) in [5.74, 6) is 3.05. The lowest BCUT2D eigenvalue weighted by atomic mass is 10.1. The van der Waals surface area contributed by atoms with Crippen molar-refractivity contribution in [3.8, 4) is 0 Å². The zero-order valence-electron chi connectivity index (χ0n) is 5.44. The van der Waals surface area contributed by atoms with Crippen LogP contribution >= 0.6 is 0 Å². The average molecular weight is 98.2 g/mol. The van der Waals surface area contributed by atoms with Gasteiger partial charge in [0, 0.05) is 0 Å². The van der Waals surface area contributed by atoms with Crippen LogP contribution in [-0.4, -0.2) is 0 Å². The Morgan fingerprint density at radius 3 is 1.86 bits per heavy atom. The minimum absolute atomic E-state index is 0.940. The topological polar surface area (TPSA) is 0 Å². The minimum atomic E-state index is 0.940. The average Bonchev–Trinajstić information content (AvgIpc) is 2.17. The Labute approximate surface area is 45.9 Å². The van der Waals surface area contributed by atoms with E-state index in [-0.39, 0.29) is 0 Å². The van der Waals surface area contributed by atoms with E-state index in [0.717, 1.165) is 17.8 Å². The second kappa shape index (κ2) is 1.50. The van der Waals surface area contributed by atoms with Crippen molar-refractivity contribution in [2.45, 2.75) is 27.2 Å². The van der Waals surface area contributed by atoms with Gasteiger partial charge in [-0.05, 0) is 24.2 Å². The molecule has 0 nitrogen and oxygen atoms in total. The van der Waals surface area contributed by atoms with Crippen LogP contribution in [0.1, 0.15) is 27.2 Å². The minimum Gasteiger partial charge on any atom is -0.0625 e. The van der Waals surface area contributed by atoms with E-state index in [1.54, 1.807) is 0 Å². The molecular weight excluding hydrogens is 84.1 g/mol. The molecule has 1 saturated carbocycles. The summed E-state index contributed by atoms with van der Waals surface area (Å²) in [6, 6.07) is 0. The lowest BCUT2D eigenvalue weighted by molar-refractivity contribution is 0.530. The normalized spacial score (nSPS) is 39.4. The van der Waals surface area contributed by atoms with Crippen molar-refractivity contribution in [1.82, 2.24) is 0 Å². The first-order valence-corrected chi connectivity index (χ1v) is 3.22. The van der Waals surface area contributed by atoms with Crippen LogP contribution in [0.4, 0.5) is 0 Å². The maximum absolute atomic E-state index is 2.34. The van der Waals surface area contributed by atoms with Gasteiger partial charge in [-0.2, -0.15) is 0 Å². The molecule has 0 saturated heterocycles. The van der Waals surface area contributed by atoms with Crippen molar-refractivity contribution < 1.29 is 0 Å². The van der Waals surface area contributed by atoms with E-state index < -0.39 is 0 Å². The largest absolute Gasteiger partial charge is 0.0625 e. The lowest BCUT2D eigenvalue weighted by Crippen LogP contribution is -1.89. The highest BCUT2D eigenvalue weighted by Gasteiger charge is 2.34. The van der Waals surface area contributed by atoms with E-state index >= 15 is 0 Å². The van der Waals surface area contributed by atoms with E-state index in [0.29, 0.717) is 0 Å². The van der Waals surface area contributed by atoms with Gasteiger partial charge in [0.1, 0.15) is 0 Å². The Morgan fingerprint density at radius 2 is 1.86 bits per heavy atom. The summed E-state index contributed by atoms with van der Waals surface area (Å²) in [4.78, 5) is 0. The number of rotatable bonds is 1. The fourth-order valence-electron chi connectivity index (χ4n) is 1.28. The fraction of sp³-hybridized carbons (Fsp3) is 1.00. The maximum atomic E-state index is 2.34. The van der Waals surface area contributed by atoms with Crippen molar-refractivity contribution in [3.63, 3.8) is 0 Å². The van der Waals surface area contributed by atoms with Crippen LogP contribution in [0.5, 0.6) is 0 Å². The molecule has 0 aliphatic heterocycles. The highest BCUT2D eigenvalue weighted by atomic mass is 14.4. The molecule has 0 unspecified atom stereocenters. The van der Waals surface area contributed by atoms with Gasteiger partial charge in [0.2, 0.25) is 0 Å². The summed E-state index contributed by atoms with van der Waals surface area (Å²) < 4.78 is 0. The van der Waals surface area contributed by atoms with Crippen LogP contribution in [0.15, 0.2) is 0 Å². The third-order valence-electron chi connectivity index (χ3n) is 2.03. The van der Waals surface area contributed by atoms with Gasteiger partial charge in [-0.3, -0.25) is 0 Å². The molecule has 1 fully saturated rings. The number of hydrogen-bond donors (Lipinski definition) is 0. The van der Waals surface area contributed by atoms with Crippen molar-refractivity contribution in [1.29, 1.82) is 0 Å². The van der Waals surface area contributed by atoms with Crippen molar-refractivity contribution in [3.05, 3.63) is 0 Å². The summed E-state index contributed by atoms with van der Waals surface area (Å²) in [5, 5.41) is 0. The summed E-state index contributed by atoms with van der Waals surface area (Å²) in [5.41, 5.74) is 0. The first-order chi connectivity index (χ1) is 3.22. The summed E-state index contributed by atoms with van der Waals surface area (Å²) in [6.45, 7) is 6.97. The summed E-state index contributed by atoms with van der Waals surface area (Å²) >= 11 is 0. The third-order valence-corrected chi connectivity index (χ3v) is 2.03. The maximum Gasteiger partial charge on any atom is -0.0363 e. The molecule has 2 atom stereocenters. The van der Waals surface area contributed by atoms with Gasteiger partial charge in [-0.1, -0.05) is 20.8 Å². The second-order valence-corrected chi connectivity index (χ2v) is 3.12. The molecule has 0 amide bonds. The summed E-state index contributed by atoms with van der Waals surface area (Å²) in [6.07, 6.45) is 1.48. The molecule has 0 aromatic heterocycles. The standard InChI is InChI=1S/C7H14/c1-5(2)7-4-6(7)3/h5-7H,4H2,1-3H3/t6-,7-/m1/s1. The molecule has 0 bridgehead atoms. The van der Waals surface area contributed by atoms with Gasteiger partial charge in [0.15, 0.2) is 0 Å². The first-order valence-electron chi connectivity index (χ1n) is 3.22. The van der Waals surface area contributed by atoms with Crippen LogP contribution in [-0.2, 0) is 0 Å². The Hall–Kier alpha value is 0. The van der Waals surface area contributed by atoms with Crippen molar-refractivity contribution in [2.24, 2.45) is 17.8 Å². The van der Waals surface area contributed by atoms with Crippen molar-refractivity contribution >= 4 is 0 Å². The highest BCUT2D eigenvalue weighted by Crippen LogP contribution is 2.43. The molecule has 1 rings (SSSR count). The predicted molar refractivity (Wildman–Crippen MR) is 32.1 cm³/mol. The van der Waals surface area contributed by atoms with Crippen LogP contribution in [0.3, 0.4) is 0 Å². The Morgan fingerprint density at radius 1 is 1.43 bits per heavy atom. The molecule has 7 heavy (non-hydrogen) atoms. The molecule has 1 aliphatic carbocycles. The Bertz CT molecular complexity index is 64.4. The molecule has 0 N–H and O–H groups in total. The molecule has 0 heterocycles. The van der Waals surface area contributed by atoms with Gasteiger partial charge in [0.25, 0.3) is 0 Å². The Balaban J connectivity index is 2.20. The van der Waals surface area contributed by atoms with Gasteiger partial charge in [0.05, 0.1) is 0 Å². The number of hydrogen-bond acceptors (Lipinski definition) is 0. The zero-order chi connectivity index (χ0) is 5.44. The van der Waals surface area contributed by atoms with Crippen LogP contribution < -0.4 is 0 Å². The fourth-order valence-corrected chi connectivity index (χ4v) is 1.28. The quantitative estimate of drug-likeness (QED) is 0.472. The molecule has 1 aliphatic rings. The van der Waals surface area contributed by atoms with Gasteiger partial charge < -0.3 is 0 Å². The van der Waals surface area contributed by atoms with E-state index in [1.807, 2.05) is 0 Å². The predicted octanol–water partition coefficient (Wildman–Crippen LogP) is 2.30. The SMILES string of the molecule is CC(C)[C@H]1C[C@H]1C. The van der Waals surface area contributed by atoms with Gasteiger partial charge in [-0.15, -0.1) is 0 Å². The molecule has 0 aromatic rings. The molecule has 42 valence electrons. The smallest absolute Gasteiger partial charge is 0.0363 e. The van der Waals surface area contributed by atoms with E-state index in [9.17, 15) is 0 Å². The first kappa shape index (κ1) is 5.14. The highest BCUT2D eigenvalue weighted by molar-refractivity contribution is 4.84. The van der Waals surface area contributed by atoms with E-state index in [2.05, 4.69) is 20.8 Å². The van der Waals surface area contributed by atoms with Crippen LogP contribution in [0.2, 0.25) is 0 Å². The monoisotopic (exact) mass is 98.1 g/mol. The van der Waals surface area contributed by atoms with Crippen LogP contribution in [0.25, 0.3) is 0 Å². The van der Waals surface area contributed by atoms with Gasteiger partial charge >= 0.3 is 0 Å². The second-order valence-electron chi connectivity index (χ2n) is 3.12. The lowest BCUT2D eigenvalue weighted by Gasteiger charge is -1.97.